The van der Waals surface area contributed by atoms with Crippen molar-refractivity contribution < 1.29 is 9.26 Å². The molecule has 2 unspecified atom stereocenters. The third kappa shape index (κ3) is 7.74. The van der Waals surface area contributed by atoms with Gasteiger partial charge in [0.05, 0.1) is 0 Å². The minimum absolute atomic E-state index is 0.0397. The number of nitrogens with zero attached hydrogens (tertiary/aromatic N) is 3. The third-order valence-electron chi connectivity index (χ3n) is 9.74. The zero-order chi connectivity index (χ0) is 32.5. The summed E-state index contributed by atoms with van der Waals surface area (Å²) in [5.74, 6) is 1.47. The van der Waals surface area contributed by atoms with Crippen LogP contribution in [0.2, 0.25) is 0 Å². The van der Waals surface area contributed by atoms with Crippen molar-refractivity contribution in [3.63, 3.8) is 0 Å². The second kappa shape index (κ2) is 12.8. The van der Waals surface area contributed by atoms with Gasteiger partial charge in [-0.1, -0.05) is 110 Å². The number of anilines is 1. The molecule has 0 spiro atoms. The quantitative estimate of drug-likeness (QED) is 0.319. The Morgan fingerprint density at radius 2 is 1.45 bits per heavy atom. The van der Waals surface area contributed by atoms with Crippen LogP contribution in [0.1, 0.15) is 136 Å². The van der Waals surface area contributed by atoms with Gasteiger partial charge in [-0.3, -0.25) is 0 Å². The molecule has 240 valence electrons. The number of halogens is 1. The van der Waals surface area contributed by atoms with Crippen LogP contribution in [0.25, 0.3) is 0 Å². The van der Waals surface area contributed by atoms with Crippen molar-refractivity contribution in [2.45, 2.75) is 154 Å². The van der Waals surface area contributed by atoms with Gasteiger partial charge in [0.15, 0.2) is 6.33 Å². The van der Waals surface area contributed by atoms with E-state index in [4.69, 9.17) is 9.26 Å². The van der Waals surface area contributed by atoms with Crippen molar-refractivity contribution in [1.82, 2.24) is 10.1 Å². The highest BCUT2D eigenvalue weighted by Crippen LogP contribution is 2.57. The molecule has 3 heterocycles. The smallest absolute Gasteiger partial charge is 0.324 e. The van der Waals surface area contributed by atoms with Crippen molar-refractivity contribution in [2.24, 2.45) is 27.6 Å². The van der Waals surface area contributed by atoms with Gasteiger partial charge in [-0.05, 0) is 80.9 Å². The number of allylic oxidation sites excluding steroid dienone is 5. The predicted octanol–water partition coefficient (Wildman–Crippen LogP) is 11.3. The van der Waals surface area contributed by atoms with E-state index < -0.39 is 0 Å². The first-order valence-electron chi connectivity index (χ1n) is 16.2. The maximum Gasteiger partial charge on any atom is 0.324 e. The topological polar surface area (TPSA) is 51.4 Å². The number of ether oxygens (including phenoxy) is 1. The van der Waals surface area contributed by atoms with Gasteiger partial charge in [0.1, 0.15) is 11.9 Å². The molecule has 1 aromatic rings. The Balaban J connectivity index is 0.00000148. The van der Waals surface area contributed by atoms with E-state index in [0.29, 0.717) is 11.9 Å². The fraction of sp³-hybridized carbons (Fsp3) is 0.778. The SMILES string of the molecule is CC.CC.CC1(C)C=C(Br)C=C2CC(C3CC(C)(C)CC(C)(C)N(c4ncno4)C(C)(C)C(C)(C)CC3(C)C)OC2=C1. The van der Waals surface area contributed by atoms with E-state index in [9.17, 15) is 0 Å². The van der Waals surface area contributed by atoms with Crippen LogP contribution in [-0.4, -0.2) is 27.3 Å². The van der Waals surface area contributed by atoms with E-state index >= 15 is 0 Å². The second-order valence-corrected chi connectivity index (χ2v) is 16.9. The first-order valence-corrected chi connectivity index (χ1v) is 17.0. The first-order chi connectivity index (χ1) is 19.2. The third-order valence-corrected chi connectivity index (χ3v) is 10.2. The summed E-state index contributed by atoms with van der Waals surface area (Å²) in [7, 11) is 0. The van der Waals surface area contributed by atoms with Crippen molar-refractivity contribution in [3.05, 3.63) is 40.4 Å². The number of hydrogen-bond donors (Lipinski definition) is 0. The molecular formula is C36H62BrN3O2. The van der Waals surface area contributed by atoms with Gasteiger partial charge < -0.3 is 14.2 Å². The minimum Gasteiger partial charge on any atom is -0.490 e. The van der Waals surface area contributed by atoms with E-state index in [1.54, 1.807) is 0 Å². The Bertz CT molecular complexity index is 1140. The zero-order valence-corrected chi connectivity index (χ0v) is 31.4. The average Bonchev–Trinajstić information content (AvgIpc) is 3.45. The maximum absolute atomic E-state index is 6.91. The van der Waals surface area contributed by atoms with Crippen LogP contribution in [0.15, 0.2) is 44.9 Å². The highest BCUT2D eigenvalue weighted by atomic mass is 79.9. The van der Waals surface area contributed by atoms with E-state index in [1.807, 2.05) is 27.7 Å². The fourth-order valence-corrected chi connectivity index (χ4v) is 9.03. The van der Waals surface area contributed by atoms with E-state index in [1.165, 1.54) is 11.9 Å². The summed E-state index contributed by atoms with van der Waals surface area (Å²) in [5, 5.41) is 4.00. The molecule has 2 aliphatic heterocycles. The van der Waals surface area contributed by atoms with Crippen LogP contribution >= 0.6 is 15.9 Å². The summed E-state index contributed by atoms with van der Waals surface area (Å²) in [6, 6.07) is 0.609. The van der Waals surface area contributed by atoms with Crippen molar-refractivity contribution in [2.75, 3.05) is 4.90 Å². The highest BCUT2D eigenvalue weighted by molar-refractivity contribution is 9.11. The summed E-state index contributed by atoms with van der Waals surface area (Å²) in [6.45, 7) is 36.5. The molecule has 5 nitrogen and oxygen atoms in total. The van der Waals surface area contributed by atoms with Crippen molar-refractivity contribution >= 4 is 21.9 Å². The lowest BCUT2D eigenvalue weighted by atomic mass is 9.56. The monoisotopic (exact) mass is 647 g/mol. The molecule has 0 saturated carbocycles. The van der Waals surface area contributed by atoms with Crippen LogP contribution in [0.5, 0.6) is 0 Å². The molecular weight excluding hydrogens is 586 g/mol. The number of hydrogen-bond acceptors (Lipinski definition) is 5. The zero-order valence-electron chi connectivity index (χ0n) is 29.8. The fourth-order valence-electron chi connectivity index (χ4n) is 8.16. The maximum atomic E-state index is 6.91. The molecule has 4 rings (SSSR count). The van der Waals surface area contributed by atoms with Gasteiger partial charge in [-0.25, -0.2) is 0 Å². The molecule has 42 heavy (non-hydrogen) atoms. The molecule has 3 aliphatic rings. The lowest BCUT2D eigenvalue weighted by molar-refractivity contribution is -0.0398. The van der Waals surface area contributed by atoms with Crippen LogP contribution in [0.3, 0.4) is 0 Å². The van der Waals surface area contributed by atoms with Crippen molar-refractivity contribution in [3.8, 4) is 0 Å². The summed E-state index contributed by atoms with van der Waals surface area (Å²) >= 11 is 3.78. The van der Waals surface area contributed by atoms with Crippen LogP contribution in [0.4, 0.5) is 6.01 Å². The summed E-state index contributed by atoms with van der Waals surface area (Å²) in [6.07, 6.45) is 12.6. The van der Waals surface area contributed by atoms with Gasteiger partial charge in [-0.2, -0.15) is 4.98 Å². The predicted molar refractivity (Wildman–Crippen MR) is 183 cm³/mol. The highest BCUT2D eigenvalue weighted by Gasteiger charge is 2.55. The summed E-state index contributed by atoms with van der Waals surface area (Å²) in [5.41, 5.74) is 0.867. The lowest BCUT2D eigenvalue weighted by Gasteiger charge is -2.59. The Hall–Kier alpha value is -1.56. The molecule has 0 N–H and O–H groups in total. The minimum atomic E-state index is -0.245. The Morgan fingerprint density at radius 1 is 0.857 bits per heavy atom. The van der Waals surface area contributed by atoms with Gasteiger partial charge >= 0.3 is 6.01 Å². The van der Waals surface area contributed by atoms with Gasteiger partial charge in [-0.15, -0.1) is 0 Å². The average molecular weight is 649 g/mol. The molecule has 0 amide bonds. The molecule has 2 saturated heterocycles. The van der Waals surface area contributed by atoms with Crippen LogP contribution < -0.4 is 4.90 Å². The van der Waals surface area contributed by atoms with Crippen LogP contribution in [-0.2, 0) is 4.74 Å². The Morgan fingerprint density at radius 3 is 2.00 bits per heavy atom. The summed E-state index contributed by atoms with van der Waals surface area (Å²) < 4.78 is 13.8. The normalized spacial score (nSPS) is 28.5. The molecule has 0 bridgehead atoms. The molecule has 1 aromatic heterocycles. The van der Waals surface area contributed by atoms with Gasteiger partial charge in [0, 0.05) is 33.3 Å². The van der Waals surface area contributed by atoms with Gasteiger partial charge in [0.2, 0.25) is 0 Å². The standard InChI is InChI=1S/C32H50BrN3O2.2C2H6/c1-27(2)15-22(33)13-21-14-24(37-25(21)17-27)23-16-28(3,4)18-31(9,10)36(26-34-20-35-38-26)32(11,12)30(7,8)19-29(23,5)6;2*1-2/h13,15,17,20,23-24H,14,16,18-19H2,1-12H3;2*1-2H3. The molecule has 2 fully saturated rings. The van der Waals surface area contributed by atoms with E-state index in [-0.39, 0.29) is 38.8 Å². The number of aromatic nitrogens is 2. The van der Waals surface area contributed by atoms with Crippen LogP contribution in [0, 0.1) is 27.6 Å². The molecule has 0 aromatic carbocycles. The van der Waals surface area contributed by atoms with Crippen molar-refractivity contribution in [1.29, 1.82) is 0 Å². The van der Waals surface area contributed by atoms with Gasteiger partial charge in [0.25, 0.3) is 0 Å². The Labute approximate surface area is 267 Å². The lowest BCUT2D eigenvalue weighted by Crippen LogP contribution is -2.64. The molecule has 6 heteroatoms. The largest absolute Gasteiger partial charge is 0.490 e. The molecule has 1 aliphatic carbocycles. The first kappa shape index (κ1) is 36.6. The number of rotatable bonds is 2. The summed E-state index contributed by atoms with van der Waals surface area (Å²) in [4.78, 5) is 6.97. The Kier molecular flexibility index (Phi) is 11.2. The molecule has 0 radical (unpaired) electrons. The number of fused-ring (bicyclic) bond motifs is 1. The van der Waals surface area contributed by atoms with E-state index in [2.05, 4.69) is 132 Å². The van der Waals surface area contributed by atoms with E-state index in [0.717, 1.165) is 35.9 Å². The second-order valence-electron chi connectivity index (χ2n) is 16.0. The molecule has 2 atom stereocenters.